The Balaban J connectivity index is 1.72. The first kappa shape index (κ1) is 20.7. The number of carbonyl (C=O) groups excluding carboxylic acids is 2. The molecule has 4 aromatic rings. The number of benzene rings is 2. The lowest BCUT2D eigenvalue weighted by Crippen LogP contribution is -2.05. The SMILES string of the molecule is CC(=O)c1cc(C(=O)c2ccc(C#N)cc2)n2ccc(Cc3ccc([N+](=O)[O-])cc3)cc12. The van der Waals surface area contributed by atoms with Gasteiger partial charge in [-0.3, -0.25) is 19.7 Å². The second-order valence-electron chi connectivity index (χ2n) is 7.41. The molecule has 0 radical (unpaired) electrons. The predicted molar refractivity (Wildman–Crippen MR) is 118 cm³/mol. The molecule has 2 heterocycles. The topological polar surface area (TPSA) is 105 Å². The molecule has 0 saturated carbocycles. The van der Waals surface area contributed by atoms with Crippen molar-refractivity contribution in [3.05, 3.63) is 117 Å². The predicted octanol–water partition coefficient (Wildman–Crippen LogP) is 4.74. The smallest absolute Gasteiger partial charge is 0.269 e. The number of fused-ring (bicyclic) bond motifs is 1. The molecule has 156 valence electrons. The lowest BCUT2D eigenvalue weighted by Gasteiger charge is -2.07. The van der Waals surface area contributed by atoms with Gasteiger partial charge in [0.1, 0.15) is 0 Å². The lowest BCUT2D eigenvalue weighted by atomic mass is 10.0. The summed E-state index contributed by atoms with van der Waals surface area (Å²) in [6, 6.07) is 20.0. The fourth-order valence-electron chi connectivity index (χ4n) is 3.62. The van der Waals surface area contributed by atoms with Crippen LogP contribution < -0.4 is 0 Å². The van der Waals surface area contributed by atoms with Crippen molar-refractivity contribution in [2.75, 3.05) is 0 Å². The van der Waals surface area contributed by atoms with E-state index in [9.17, 15) is 19.7 Å². The molecule has 2 aromatic heterocycles. The number of nitrogens with zero attached hydrogens (tertiary/aromatic N) is 3. The average molecular weight is 423 g/mol. The molecule has 32 heavy (non-hydrogen) atoms. The van der Waals surface area contributed by atoms with Gasteiger partial charge in [-0.05, 0) is 66.9 Å². The molecule has 0 bridgehead atoms. The highest BCUT2D eigenvalue weighted by atomic mass is 16.6. The quantitative estimate of drug-likeness (QED) is 0.253. The van der Waals surface area contributed by atoms with Gasteiger partial charge in [-0.15, -0.1) is 0 Å². The molecule has 0 amide bonds. The van der Waals surface area contributed by atoms with E-state index >= 15 is 0 Å². The Morgan fingerprint density at radius 1 is 1.00 bits per heavy atom. The second kappa shape index (κ2) is 8.28. The van der Waals surface area contributed by atoms with Crippen LogP contribution in [0.4, 0.5) is 5.69 Å². The summed E-state index contributed by atoms with van der Waals surface area (Å²) in [6.45, 7) is 1.45. The highest BCUT2D eigenvalue weighted by molar-refractivity contribution is 6.12. The Kier molecular flexibility index (Phi) is 5.36. The molecule has 4 rings (SSSR count). The Labute approximate surface area is 183 Å². The van der Waals surface area contributed by atoms with Crippen LogP contribution in [-0.4, -0.2) is 20.9 Å². The molecule has 0 aliphatic rings. The van der Waals surface area contributed by atoms with E-state index < -0.39 is 4.92 Å². The first-order valence-electron chi connectivity index (χ1n) is 9.80. The number of nitro groups is 1. The third kappa shape index (κ3) is 3.89. The molecule has 0 aliphatic heterocycles. The largest absolute Gasteiger partial charge is 0.313 e. The van der Waals surface area contributed by atoms with Gasteiger partial charge in [-0.2, -0.15) is 5.26 Å². The zero-order chi connectivity index (χ0) is 22.8. The van der Waals surface area contributed by atoms with Crippen LogP contribution in [0.25, 0.3) is 5.52 Å². The molecule has 0 fully saturated rings. The van der Waals surface area contributed by atoms with Crippen molar-refractivity contribution >= 4 is 22.8 Å². The first-order chi connectivity index (χ1) is 15.4. The zero-order valence-corrected chi connectivity index (χ0v) is 17.1. The molecule has 7 nitrogen and oxygen atoms in total. The summed E-state index contributed by atoms with van der Waals surface area (Å²) in [7, 11) is 0. The van der Waals surface area contributed by atoms with Crippen molar-refractivity contribution in [3.63, 3.8) is 0 Å². The molecular formula is C25H17N3O4. The number of nitriles is 1. The summed E-state index contributed by atoms with van der Waals surface area (Å²) in [6.07, 6.45) is 2.27. The summed E-state index contributed by atoms with van der Waals surface area (Å²) >= 11 is 0. The molecule has 2 aromatic carbocycles. The van der Waals surface area contributed by atoms with Crippen molar-refractivity contribution in [2.45, 2.75) is 13.3 Å². The summed E-state index contributed by atoms with van der Waals surface area (Å²) in [5, 5.41) is 19.8. The number of hydrogen-bond donors (Lipinski definition) is 0. The van der Waals surface area contributed by atoms with Gasteiger partial charge in [0.25, 0.3) is 5.69 Å². The minimum absolute atomic E-state index is 0.0283. The van der Waals surface area contributed by atoms with Crippen LogP contribution in [0.5, 0.6) is 0 Å². The Morgan fingerprint density at radius 2 is 1.69 bits per heavy atom. The van der Waals surface area contributed by atoms with Crippen molar-refractivity contribution in [2.24, 2.45) is 0 Å². The maximum absolute atomic E-state index is 13.1. The molecule has 7 heteroatoms. The van der Waals surface area contributed by atoms with E-state index in [1.165, 1.54) is 19.1 Å². The van der Waals surface area contributed by atoms with Gasteiger partial charge in [0.2, 0.25) is 5.78 Å². The Bertz CT molecular complexity index is 1410. The van der Waals surface area contributed by atoms with E-state index in [4.69, 9.17) is 5.26 Å². The van der Waals surface area contributed by atoms with Gasteiger partial charge in [0.05, 0.1) is 27.8 Å². The van der Waals surface area contributed by atoms with Crippen LogP contribution >= 0.6 is 0 Å². The van der Waals surface area contributed by atoms with E-state index in [-0.39, 0.29) is 17.3 Å². The number of nitro benzene ring substituents is 1. The summed E-state index contributed by atoms with van der Waals surface area (Å²) < 4.78 is 1.69. The Hall–Kier alpha value is -4.57. The second-order valence-corrected chi connectivity index (χ2v) is 7.41. The van der Waals surface area contributed by atoms with Crippen molar-refractivity contribution in [1.29, 1.82) is 5.26 Å². The maximum atomic E-state index is 13.1. The van der Waals surface area contributed by atoms with Crippen molar-refractivity contribution in [1.82, 2.24) is 4.40 Å². The molecule has 0 saturated heterocycles. The fraction of sp³-hybridized carbons (Fsp3) is 0.0800. The normalized spacial score (nSPS) is 10.6. The van der Waals surface area contributed by atoms with Gasteiger partial charge in [-0.1, -0.05) is 12.1 Å². The third-order valence-electron chi connectivity index (χ3n) is 5.28. The van der Waals surface area contributed by atoms with E-state index in [1.54, 1.807) is 53.1 Å². The molecular weight excluding hydrogens is 406 g/mol. The van der Waals surface area contributed by atoms with Crippen molar-refractivity contribution < 1.29 is 14.5 Å². The van der Waals surface area contributed by atoms with E-state index in [2.05, 4.69) is 0 Å². The van der Waals surface area contributed by atoms with Gasteiger partial charge < -0.3 is 4.40 Å². The van der Waals surface area contributed by atoms with Gasteiger partial charge in [-0.25, -0.2) is 0 Å². The monoisotopic (exact) mass is 423 g/mol. The number of rotatable bonds is 6. The fourth-order valence-corrected chi connectivity index (χ4v) is 3.62. The molecule has 0 unspecified atom stereocenters. The van der Waals surface area contributed by atoms with Crippen LogP contribution in [0.2, 0.25) is 0 Å². The molecule has 0 aliphatic carbocycles. The average Bonchev–Trinajstić information content (AvgIpc) is 3.18. The maximum Gasteiger partial charge on any atom is 0.269 e. The summed E-state index contributed by atoms with van der Waals surface area (Å²) in [5.41, 5.74) is 4.13. The molecule has 0 spiro atoms. The van der Waals surface area contributed by atoms with Gasteiger partial charge in [0, 0.05) is 29.5 Å². The van der Waals surface area contributed by atoms with Crippen LogP contribution in [0.15, 0.2) is 72.9 Å². The lowest BCUT2D eigenvalue weighted by molar-refractivity contribution is -0.384. The number of aromatic nitrogens is 1. The third-order valence-corrected chi connectivity index (χ3v) is 5.28. The van der Waals surface area contributed by atoms with Crippen LogP contribution in [0.3, 0.4) is 0 Å². The molecule has 0 atom stereocenters. The highest BCUT2D eigenvalue weighted by Crippen LogP contribution is 2.24. The van der Waals surface area contributed by atoms with E-state index in [0.29, 0.717) is 34.3 Å². The highest BCUT2D eigenvalue weighted by Gasteiger charge is 2.19. The van der Waals surface area contributed by atoms with Crippen molar-refractivity contribution in [3.8, 4) is 6.07 Å². The van der Waals surface area contributed by atoms with Crippen LogP contribution in [0, 0.1) is 21.4 Å². The molecule has 0 N–H and O–H groups in total. The number of Topliss-reactive ketones (excluding diaryl/α,β-unsaturated/α-hetero) is 1. The number of non-ortho nitro benzene ring substituents is 1. The van der Waals surface area contributed by atoms with Crippen LogP contribution in [-0.2, 0) is 6.42 Å². The number of pyridine rings is 1. The number of carbonyl (C=O) groups is 2. The number of ketones is 2. The number of hydrogen-bond acceptors (Lipinski definition) is 5. The van der Waals surface area contributed by atoms with E-state index in [1.807, 2.05) is 18.2 Å². The standard InChI is InChI=1S/C25H17N3O4/c1-16(29)22-14-24(25(30)20-6-2-18(15-26)3-7-20)27-11-10-19(13-23(22)27)12-17-4-8-21(9-5-17)28(31)32/h2-11,13-14H,12H2,1H3. The Morgan fingerprint density at radius 3 is 2.28 bits per heavy atom. The van der Waals surface area contributed by atoms with E-state index in [0.717, 1.165) is 11.1 Å². The zero-order valence-electron chi connectivity index (χ0n) is 17.1. The summed E-state index contributed by atoms with van der Waals surface area (Å²) in [5.74, 6) is -0.408. The minimum Gasteiger partial charge on any atom is -0.313 e. The summed E-state index contributed by atoms with van der Waals surface area (Å²) in [4.78, 5) is 35.7. The van der Waals surface area contributed by atoms with Gasteiger partial charge in [0.15, 0.2) is 5.78 Å². The first-order valence-corrected chi connectivity index (χ1v) is 9.80. The van der Waals surface area contributed by atoms with Crippen LogP contribution in [0.1, 0.15) is 50.0 Å². The van der Waals surface area contributed by atoms with Gasteiger partial charge >= 0.3 is 0 Å². The minimum atomic E-state index is -0.442.